The van der Waals surface area contributed by atoms with E-state index in [0.717, 1.165) is 5.56 Å². The molecule has 8 heteroatoms. The Balaban J connectivity index is 2.16. The van der Waals surface area contributed by atoms with E-state index in [1.165, 1.54) is 28.3 Å². The van der Waals surface area contributed by atoms with Crippen molar-refractivity contribution < 1.29 is 9.21 Å². The van der Waals surface area contributed by atoms with Crippen LogP contribution in [0, 0.1) is 12.3 Å². The fourth-order valence-corrected chi connectivity index (χ4v) is 3.12. The van der Waals surface area contributed by atoms with Crippen LogP contribution in [0.4, 0.5) is 0 Å². The second kappa shape index (κ2) is 6.24. The van der Waals surface area contributed by atoms with E-state index in [-0.39, 0.29) is 28.5 Å². The number of pyridine rings is 2. The Morgan fingerprint density at radius 2 is 2.11 bits per heavy atom. The van der Waals surface area contributed by atoms with E-state index in [1.807, 2.05) is 13.0 Å². The molecule has 0 unspecified atom stereocenters. The number of nitrogens with one attached hydrogen (secondary N) is 2. The van der Waals surface area contributed by atoms with Crippen LogP contribution >= 0.6 is 0 Å². The van der Waals surface area contributed by atoms with Crippen LogP contribution in [0.3, 0.4) is 0 Å². The zero-order chi connectivity index (χ0) is 19.1. The SMILES string of the molecule is CNC(=O)c1cc2c(=O)n3cccc(C)c3nc2n(Cc2ccco2)c1=N. The number of rotatable bonds is 3. The van der Waals surface area contributed by atoms with E-state index in [9.17, 15) is 9.59 Å². The molecule has 0 radical (unpaired) electrons. The maximum atomic E-state index is 13.1. The first kappa shape index (κ1) is 16.8. The smallest absolute Gasteiger partial charge is 0.267 e. The maximum Gasteiger partial charge on any atom is 0.267 e. The van der Waals surface area contributed by atoms with Gasteiger partial charge in [-0.15, -0.1) is 0 Å². The number of hydrogen-bond donors (Lipinski definition) is 2. The van der Waals surface area contributed by atoms with Gasteiger partial charge in [-0.25, -0.2) is 4.98 Å². The Hall–Kier alpha value is -3.68. The van der Waals surface area contributed by atoms with Gasteiger partial charge in [-0.05, 0) is 36.8 Å². The molecular formula is C19H17N5O3. The lowest BCUT2D eigenvalue weighted by molar-refractivity contribution is 0.0960. The molecule has 0 aliphatic rings. The average Bonchev–Trinajstić information content (AvgIpc) is 3.18. The molecule has 4 heterocycles. The predicted octanol–water partition coefficient (Wildman–Crippen LogP) is 1.44. The molecule has 0 fully saturated rings. The third-order valence-corrected chi connectivity index (χ3v) is 4.50. The van der Waals surface area contributed by atoms with E-state index >= 15 is 0 Å². The number of hydrogen-bond acceptors (Lipinski definition) is 5. The van der Waals surface area contributed by atoms with Crippen LogP contribution in [0.2, 0.25) is 0 Å². The minimum atomic E-state index is -0.441. The number of fused-ring (bicyclic) bond motifs is 2. The van der Waals surface area contributed by atoms with Crippen LogP contribution in [-0.2, 0) is 6.54 Å². The normalized spacial score (nSPS) is 11.2. The van der Waals surface area contributed by atoms with Gasteiger partial charge in [0, 0.05) is 13.2 Å². The topological polar surface area (TPSA) is 105 Å². The van der Waals surface area contributed by atoms with Gasteiger partial charge >= 0.3 is 0 Å². The molecular weight excluding hydrogens is 346 g/mol. The Bertz CT molecular complexity index is 1300. The van der Waals surface area contributed by atoms with Crippen molar-refractivity contribution in [3.05, 3.63) is 75.5 Å². The number of carbonyl (C=O) groups is 1. The van der Waals surface area contributed by atoms with Crippen molar-refractivity contribution in [1.29, 1.82) is 5.41 Å². The molecule has 4 rings (SSSR count). The van der Waals surface area contributed by atoms with E-state index in [2.05, 4.69) is 10.3 Å². The number of amides is 1. The van der Waals surface area contributed by atoms with Gasteiger partial charge in [0.25, 0.3) is 11.5 Å². The molecule has 4 aromatic rings. The monoisotopic (exact) mass is 363 g/mol. The minimum Gasteiger partial charge on any atom is -0.467 e. The summed E-state index contributed by atoms with van der Waals surface area (Å²) in [6.45, 7) is 2.05. The molecule has 1 amide bonds. The van der Waals surface area contributed by atoms with Gasteiger partial charge in [0.05, 0.1) is 23.8 Å². The van der Waals surface area contributed by atoms with Gasteiger partial charge in [0.2, 0.25) is 0 Å². The standard InChI is InChI=1S/C19H17N5O3/c1-11-5-3-7-23-16(11)22-17-14(19(23)26)9-13(18(25)21-2)15(20)24(17)10-12-6-4-8-27-12/h3-9,20H,10H2,1-2H3,(H,21,25). The van der Waals surface area contributed by atoms with Crippen LogP contribution in [0.5, 0.6) is 0 Å². The first-order valence-corrected chi connectivity index (χ1v) is 8.36. The quantitative estimate of drug-likeness (QED) is 0.537. The van der Waals surface area contributed by atoms with Gasteiger partial charge < -0.3 is 14.3 Å². The van der Waals surface area contributed by atoms with Crippen molar-refractivity contribution in [3.63, 3.8) is 0 Å². The zero-order valence-electron chi connectivity index (χ0n) is 14.8. The maximum absolute atomic E-state index is 13.1. The summed E-state index contributed by atoms with van der Waals surface area (Å²) in [7, 11) is 1.48. The van der Waals surface area contributed by atoms with E-state index in [4.69, 9.17) is 9.83 Å². The second-order valence-electron chi connectivity index (χ2n) is 6.19. The fraction of sp³-hybridized carbons (Fsp3) is 0.158. The zero-order valence-corrected chi connectivity index (χ0v) is 14.8. The summed E-state index contributed by atoms with van der Waals surface area (Å²) in [5, 5.41) is 11.3. The lowest BCUT2D eigenvalue weighted by Gasteiger charge is -2.14. The molecule has 136 valence electrons. The molecule has 0 saturated carbocycles. The van der Waals surface area contributed by atoms with Crippen molar-refractivity contribution in [3.8, 4) is 0 Å². The minimum absolute atomic E-state index is 0.0388. The third kappa shape index (κ3) is 2.62. The summed E-state index contributed by atoms with van der Waals surface area (Å²) in [4.78, 5) is 30.0. The highest BCUT2D eigenvalue weighted by molar-refractivity contribution is 5.96. The highest BCUT2D eigenvalue weighted by Crippen LogP contribution is 2.14. The van der Waals surface area contributed by atoms with Crippen LogP contribution < -0.4 is 16.4 Å². The van der Waals surface area contributed by atoms with Crippen LogP contribution in [0.25, 0.3) is 16.7 Å². The van der Waals surface area contributed by atoms with Crippen LogP contribution in [0.1, 0.15) is 21.7 Å². The summed E-state index contributed by atoms with van der Waals surface area (Å²) >= 11 is 0. The lowest BCUT2D eigenvalue weighted by atomic mass is 10.2. The van der Waals surface area contributed by atoms with E-state index in [0.29, 0.717) is 17.1 Å². The summed E-state index contributed by atoms with van der Waals surface area (Å²) in [6.07, 6.45) is 3.17. The molecule has 0 bridgehead atoms. The summed E-state index contributed by atoms with van der Waals surface area (Å²) in [5.41, 5.74) is 1.45. The summed E-state index contributed by atoms with van der Waals surface area (Å²) < 4.78 is 8.36. The summed E-state index contributed by atoms with van der Waals surface area (Å²) in [6, 6.07) is 8.58. The molecule has 0 aliphatic heterocycles. The van der Waals surface area contributed by atoms with Crippen molar-refractivity contribution in [1.82, 2.24) is 19.3 Å². The second-order valence-corrected chi connectivity index (χ2v) is 6.19. The van der Waals surface area contributed by atoms with Crippen molar-refractivity contribution >= 4 is 22.6 Å². The average molecular weight is 363 g/mol. The van der Waals surface area contributed by atoms with Gasteiger partial charge in [-0.3, -0.25) is 19.4 Å². The largest absolute Gasteiger partial charge is 0.467 e. The Morgan fingerprint density at radius 1 is 1.30 bits per heavy atom. The molecule has 0 aromatic carbocycles. The number of carbonyl (C=O) groups excluding carboxylic acids is 1. The Morgan fingerprint density at radius 3 is 2.81 bits per heavy atom. The molecule has 2 N–H and O–H groups in total. The van der Waals surface area contributed by atoms with Gasteiger partial charge in [-0.2, -0.15) is 0 Å². The lowest BCUT2D eigenvalue weighted by Crippen LogP contribution is -2.34. The number of aryl methyl sites for hydroxylation is 1. The highest BCUT2D eigenvalue weighted by atomic mass is 16.3. The first-order chi connectivity index (χ1) is 13.0. The van der Waals surface area contributed by atoms with Gasteiger partial charge in [0.15, 0.2) is 0 Å². The van der Waals surface area contributed by atoms with Gasteiger partial charge in [-0.1, -0.05) is 6.07 Å². The third-order valence-electron chi connectivity index (χ3n) is 4.50. The van der Waals surface area contributed by atoms with Crippen LogP contribution in [0.15, 0.2) is 52.0 Å². The van der Waals surface area contributed by atoms with E-state index < -0.39 is 5.91 Å². The Labute approximate surface area is 153 Å². The molecule has 8 nitrogen and oxygen atoms in total. The fourth-order valence-electron chi connectivity index (χ4n) is 3.12. The number of furan rings is 1. The summed E-state index contributed by atoms with van der Waals surface area (Å²) in [5.74, 6) is 0.152. The van der Waals surface area contributed by atoms with Crippen LogP contribution in [-0.4, -0.2) is 26.9 Å². The molecule has 0 atom stereocenters. The molecule has 4 aromatic heterocycles. The van der Waals surface area contributed by atoms with Crippen molar-refractivity contribution in [2.45, 2.75) is 13.5 Å². The number of nitrogens with zero attached hydrogens (tertiary/aromatic N) is 3. The highest BCUT2D eigenvalue weighted by Gasteiger charge is 2.18. The molecule has 27 heavy (non-hydrogen) atoms. The number of aromatic nitrogens is 3. The van der Waals surface area contributed by atoms with Crippen molar-refractivity contribution in [2.24, 2.45) is 0 Å². The predicted molar refractivity (Wildman–Crippen MR) is 98.7 cm³/mol. The Kier molecular flexibility index (Phi) is 3.88. The first-order valence-electron chi connectivity index (χ1n) is 8.36. The van der Waals surface area contributed by atoms with Gasteiger partial charge in [0.1, 0.15) is 22.5 Å². The molecule has 0 aliphatic carbocycles. The molecule has 0 spiro atoms. The van der Waals surface area contributed by atoms with Crippen molar-refractivity contribution in [2.75, 3.05) is 7.05 Å². The van der Waals surface area contributed by atoms with E-state index in [1.54, 1.807) is 24.4 Å². The molecule has 0 saturated heterocycles.